The van der Waals surface area contributed by atoms with E-state index in [9.17, 15) is 4.79 Å². The lowest BCUT2D eigenvalue weighted by Crippen LogP contribution is -2.29. The summed E-state index contributed by atoms with van der Waals surface area (Å²) >= 11 is 1.69. The zero-order valence-electron chi connectivity index (χ0n) is 12.9. The van der Waals surface area contributed by atoms with Crippen molar-refractivity contribution >= 4 is 33.0 Å². The third kappa shape index (κ3) is 2.90. The van der Waals surface area contributed by atoms with Crippen LogP contribution < -0.4 is 5.32 Å². The number of carbonyl (C=O) groups is 1. The Hall–Kier alpha value is -2.66. The van der Waals surface area contributed by atoms with E-state index in [4.69, 9.17) is 4.84 Å². The number of carbonyl (C=O) groups excluding carboxylic acids is 1. The highest BCUT2D eigenvalue weighted by atomic mass is 32.1. The van der Waals surface area contributed by atoms with Gasteiger partial charge in [0.1, 0.15) is 5.71 Å². The lowest BCUT2D eigenvalue weighted by molar-refractivity contribution is -0.115. The van der Waals surface area contributed by atoms with Crippen molar-refractivity contribution in [2.24, 2.45) is 5.16 Å². The van der Waals surface area contributed by atoms with E-state index >= 15 is 0 Å². The summed E-state index contributed by atoms with van der Waals surface area (Å²) in [7, 11) is 0. The van der Waals surface area contributed by atoms with Crippen LogP contribution >= 0.6 is 11.3 Å². The minimum atomic E-state index is -0.172. The van der Waals surface area contributed by atoms with Gasteiger partial charge in [-0.15, -0.1) is 11.3 Å². The van der Waals surface area contributed by atoms with Gasteiger partial charge in [0, 0.05) is 17.7 Å². The average molecular weight is 336 g/mol. The van der Waals surface area contributed by atoms with Crippen molar-refractivity contribution in [2.75, 3.05) is 0 Å². The molecule has 4 nitrogen and oxygen atoms in total. The molecule has 1 amide bonds. The van der Waals surface area contributed by atoms with Crippen LogP contribution in [0, 0.1) is 0 Å². The summed E-state index contributed by atoms with van der Waals surface area (Å²) in [5.41, 5.74) is 2.61. The molecule has 1 N–H and O–H groups in total. The number of thiophene rings is 1. The molecule has 0 bridgehead atoms. The molecule has 0 saturated carbocycles. The minimum absolute atomic E-state index is 0.163. The Balaban J connectivity index is 1.39. The quantitative estimate of drug-likeness (QED) is 0.782. The molecule has 1 aromatic heterocycles. The molecule has 1 aliphatic rings. The van der Waals surface area contributed by atoms with Crippen LogP contribution in [0.5, 0.6) is 0 Å². The van der Waals surface area contributed by atoms with Gasteiger partial charge in [0.05, 0.1) is 0 Å². The van der Waals surface area contributed by atoms with Crippen LogP contribution in [0.4, 0.5) is 0 Å². The van der Waals surface area contributed by atoms with Gasteiger partial charge in [0.15, 0.2) is 6.10 Å². The number of hydrogen-bond acceptors (Lipinski definition) is 4. The van der Waals surface area contributed by atoms with Gasteiger partial charge in [-0.05, 0) is 28.0 Å². The first-order chi connectivity index (χ1) is 11.8. The lowest BCUT2D eigenvalue weighted by atomic mass is 10.0. The Kier molecular flexibility index (Phi) is 4.01. The molecule has 120 valence electrons. The summed E-state index contributed by atoms with van der Waals surface area (Å²) < 4.78 is 1.23. The van der Waals surface area contributed by atoms with Crippen molar-refractivity contribution in [3.05, 3.63) is 71.1 Å². The summed E-state index contributed by atoms with van der Waals surface area (Å²) in [5, 5.41) is 10.2. The maximum atomic E-state index is 12.3. The van der Waals surface area contributed by atoms with Gasteiger partial charge in [0.2, 0.25) is 0 Å². The van der Waals surface area contributed by atoms with E-state index in [1.54, 1.807) is 11.3 Å². The molecule has 0 fully saturated rings. The van der Waals surface area contributed by atoms with E-state index in [-0.39, 0.29) is 12.0 Å². The maximum Gasteiger partial charge on any atom is 0.269 e. The zero-order valence-corrected chi connectivity index (χ0v) is 13.8. The Morgan fingerprint density at radius 2 is 1.96 bits per heavy atom. The van der Waals surface area contributed by atoms with Crippen LogP contribution in [0.25, 0.3) is 10.1 Å². The highest BCUT2D eigenvalue weighted by Crippen LogP contribution is 2.27. The number of hydrogen-bond donors (Lipinski definition) is 1. The van der Waals surface area contributed by atoms with Gasteiger partial charge < -0.3 is 10.2 Å². The summed E-state index contributed by atoms with van der Waals surface area (Å²) in [4.78, 5) is 17.7. The number of fused-ring (bicyclic) bond motifs is 1. The Morgan fingerprint density at radius 3 is 2.83 bits per heavy atom. The minimum Gasteiger partial charge on any atom is -0.387 e. The van der Waals surface area contributed by atoms with Gasteiger partial charge in [0.25, 0.3) is 5.91 Å². The number of amides is 1. The summed E-state index contributed by atoms with van der Waals surface area (Å²) in [5.74, 6) is -0.163. The molecule has 2 heterocycles. The number of oxime groups is 1. The standard InChI is InChI=1S/C19H16N2O2S/c22-19(16-10-17(23-21-16)13-6-2-1-3-7-13)20-11-14-12-24-18-9-5-4-8-15(14)18/h1-9,12,17H,10-11H2,(H,20,22). The van der Waals surface area contributed by atoms with Crippen molar-refractivity contribution in [3.63, 3.8) is 0 Å². The first-order valence-corrected chi connectivity index (χ1v) is 8.70. The lowest BCUT2D eigenvalue weighted by Gasteiger charge is -2.07. The summed E-state index contributed by atoms with van der Waals surface area (Å²) in [6.45, 7) is 0.498. The van der Waals surface area contributed by atoms with E-state index in [0.717, 1.165) is 11.1 Å². The predicted molar refractivity (Wildman–Crippen MR) is 96.0 cm³/mol. The molecule has 0 spiro atoms. The second-order valence-electron chi connectivity index (χ2n) is 5.69. The molecule has 3 aromatic rings. The summed E-state index contributed by atoms with van der Waals surface area (Å²) in [6, 6.07) is 18.0. The Morgan fingerprint density at radius 1 is 1.17 bits per heavy atom. The number of rotatable bonds is 4. The van der Waals surface area contributed by atoms with Crippen LogP contribution in [0.15, 0.2) is 65.1 Å². The Bertz CT molecular complexity index is 902. The number of nitrogens with zero attached hydrogens (tertiary/aromatic N) is 1. The van der Waals surface area contributed by atoms with Crippen molar-refractivity contribution in [1.82, 2.24) is 5.32 Å². The second-order valence-corrected chi connectivity index (χ2v) is 6.60. The highest BCUT2D eigenvalue weighted by Gasteiger charge is 2.27. The second kappa shape index (κ2) is 6.45. The topological polar surface area (TPSA) is 50.7 Å². The molecule has 4 rings (SSSR count). The fourth-order valence-corrected chi connectivity index (χ4v) is 3.77. The van der Waals surface area contributed by atoms with E-state index in [1.165, 1.54) is 10.1 Å². The average Bonchev–Trinajstić information content (AvgIpc) is 3.28. The molecule has 1 atom stereocenters. The first kappa shape index (κ1) is 14.9. The third-order valence-corrected chi connectivity index (χ3v) is 5.12. The molecule has 5 heteroatoms. The van der Waals surface area contributed by atoms with E-state index in [0.29, 0.717) is 18.7 Å². The monoisotopic (exact) mass is 336 g/mol. The zero-order chi connectivity index (χ0) is 16.4. The van der Waals surface area contributed by atoms with Gasteiger partial charge in [-0.2, -0.15) is 0 Å². The molecule has 0 aliphatic carbocycles. The fourth-order valence-electron chi connectivity index (χ4n) is 2.81. The van der Waals surface area contributed by atoms with Gasteiger partial charge in [-0.25, -0.2) is 0 Å². The first-order valence-electron chi connectivity index (χ1n) is 7.82. The third-order valence-electron chi connectivity index (χ3n) is 4.10. The largest absolute Gasteiger partial charge is 0.387 e. The molecule has 1 unspecified atom stereocenters. The van der Waals surface area contributed by atoms with Crippen molar-refractivity contribution in [1.29, 1.82) is 0 Å². The SMILES string of the molecule is O=C(NCc1csc2ccccc12)C1=NOC(c2ccccc2)C1. The smallest absolute Gasteiger partial charge is 0.269 e. The van der Waals surface area contributed by atoms with Crippen LogP contribution in [0.3, 0.4) is 0 Å². The number of nitrogens with one attached hydrogen (secondary N) is 1. The van der Waals surface area contributed by atoms with Crippen LogP contribution in [0.2, 0.25) is 0 Å². The van der Waals surface area contributed by atoms with Gasteiger partial charge in [-0.1, -0.05) is 53.7 Å². The predicted octanol–water partition coefficient (Wildman–Crippen LogP) is 4.04. The van der Waals surface area contributed by atoms with Crippen LogP contribution in [0.1, 0.15) is 23.7 Å². The molecule has 1 aliphatic heterocycles. The maximum absolute atomic E-state index is 12.3. The molecular formula is C19H16N2O2S. The van der Waals surface area contributed by atoms with Crippen LogP contribution in [-0.2, 0) is 16.2 Å². The summed E-state index contributed by atoms with van der Waals surface area (Å²) in [6.07, 6.45) is 0.328. The highest BCUT2D eigenvalue weighted by molar-refractivity contribution is 7.17. The van der Waals surface area contributed by atoms with Crippen molar-refractivity contribution < 1.29 is 9.63 Å². The normalized spacial score (nSPS) is 16.7. The van der Waals surface area contributed by atoms with Crippen molar-refractivity contribution in [3.8, 4) is 0 Å². The molecule has 0 radical (unpaired) electrons. The van der Waals surface area contributed by atoms with E-state index in [1.807, 2.05) is 42.5 Å². The molecule has 2 aromatic carbocycles. The van der Waals surface area contributed by atoms with Gasteiger partial charge >= 0.3 is 0 Å². The molecule has 0 saturated heterocycles. The molecule has 24 heavy (non-hydrogen) atoms. The fraction of sp³-hybridized carbons (Fsp3) is 0.158. The van der Waals surface area contributed by atoms with E-state index < -0.39 is 0 Å². The number of benzene rings is 2. The Labute approximate surface area is 143 Å². The van der Waals surface area contributed by atoms with Gasteiger partial charge in [-0.3, -0.25) is 4.79 Å². The van der Waals surface area contributed by atoms with Crippen molar-refractivity contribution in [2.45, 2.75) is 19.1 Å². The van der Waals surface area contributed by atoms with Crippen LogP contribution in [-0.4, -0.2) is 11.6 Å². The van der Waals surface area contributed by atoms with E-state index in [2.05, 4.69) is 28.0 Å². The molecular weight excluding hydrogens is 320 g/mol.